The summed E-state index contributed by atoms with van der Waals surface area (Å²) in [5.74, 6) is 0. The summed E-state index contributed by atoms with van der Waals surface area (Å²) in [5, 5.41) is 10.3. The van der Waals surface area contributed by atoms with Gasteiger partial charge in [-0.2, -0.15) is 5.10 Å². The number of rotatable bonds is 5. The Balaban J connectivity index is 1.72. The molecule has 0 radical (unpaired) electrons. The van der Waals surface area contributed by atoms with Crippen LogP contribution in [0.15, 0.2) is 60.8 Å². The van der Waals surface area contributed by atoms with Crippen molar-refractivity contribution in [1.29, 1.82) is 0 Å². The number of aryl methyl sites for hydroxylation is 1. The third-order valence-corrected chi connectivity index (χ3v) is 4.34. The molecule has 2 heterocycles. The zero-order valence-electron chi connectivity index (χ0n) is 13.7. The number of hydrogen-bond donors (Lipinski definition) is 1. The van der Waals surface area contributed by atoms with Gasteiger partial charge in [-0.1, -0.05) is 48.5 Å². The largest absolute Gasteiger partial charge is 0.384 e. The number of fused-ring (bicyclic) bond motifs is 2. The van der Waals surface area contributed by atoms with Crippen LogP contribution in [0.2, 0.25) is 0 Å². The zero-order chi connectivity index (χ0) is 16.4. The van der Waals surface area contributed by atoms with Gasteiger partial charge in [0.2, 0.25) is 0 Å². The van der Waals surface area contributed by atoms with Gasteiger partial charge in [-0.3, -0.25) is 0 Å². The highest BCUT2D eigenvalue weighted by Gasteiger charge is 2.12. The highest BCUT2D eigenvalue weighted by Crippen LogP contribution is 2.30. The van der Waals surface area contributed by atoms with Crippen LogP contribution in [0.3, 0.4) is 0 Å². The van der Waals surface area contributed by atoms with E-state index in [9.17, 15) is 0 Å². The first-order valence-electron chi connectivity index (χ1n) is 8.39. The Morgan fingerprint density at radius 2 is 1.75 bits per heavy atom. The van der Waals surface area contributed by atoms with Gasteiger partial charge < -0.3 is 5.32 Å². The SMILES string of the molecule is CCn1ncc2c(NCCc3ccccc3)c3ccccc3nc21. The Bertz CT molecular complexity index is 973. The summed E-state index contributed by atoms with van der Waals surface area (Å²) in [6.07, 6.45) is 2.91. The Morgan fingerprint density at radius 3 is 2.58 bits per heavy atom. The first-order chi connectivity index (χ1) is 11.9. The van der Waals surface area contributed by atoms with Crippen molar-refractivity contribution in [2.45, 2.75) is 19.9 Å². The fraction of sp³-hybridized carbons (Fsp3) is 0.200. The van der Waals surface area contributed by atoms with Crippen molar-refractivity contribution in [1.82, 2.24) is 14.8 Å². The Labute approximate surface area is 141 Å². The average Bonchev–Trinajstić information content (AvgIpc) is 3.05. The van der Waals surface area contributed by atoms with Crippen molar-refractivity contribution >= 4 is 27.6 Å². The van der Waals surface area contributed by atoms with Crippen molar-refractivity contribution in [3.05, 3.63) is 66.4 Å². The van der Waals surface area contributed by atoms with Crippen LogP contribution < -0.4 is 5.32 Å². The van der Waals surface area contributed by atoms with Crippen molar-refractivity contribution in [2.24, 2.45) is 0 Å². The lowest BCUT2D eigenvalue weighted by molar-refractivity contribution is 0.677. The fourth-order valence-electron chi connectivity index (χ4n) is 3.11. The first-order valence-corrected chi connectivity index (χ1v) is 8.39. The summed E-state index contributed by atoms with van der Waals surface area (Å²) in [5.41, 5.74) is 4.41. The molecule has 2 aromatic carbocycles. The monoisotopic (exact) mass is 316 g/mol. The number of para-hydroxylation sites is 1. The molecule has 0 unspecified atom stereocenters. The van der Waals surface area contributed by atoms with Gasteiger partial charge in [0.05, 0.1) is 22.8 Å². The second kappa shape index (κ2) is 6.32. The lowest BCUT2D eigenvalue weighted by Gasteiger charge is -2.11. The molecule has 0 fully saturated rings. The van der Waals surface area contributed by atoms with E-state index < -0.39 is 0 Å². The average molecular weight is 316 g/mol. The van der Waals surface area contributed by atoms with E-state index >= 15 is 0 Å². The molecule has 0 atom stereocenters. The molecule has 0 spiro atoms. The van der Waals surface area contributed by atoms with E-state index in [4.69, 9.17) is 4.98 Å². The molecule has 0 amide bonds. The molecule has 4 nitrogen and oxygen atoms in total. The number of anilines is 1. The lowest BCUT2D eigenvalue weighted by atomic mass is 10.1. The minimum atomic E-state index is 0.818. The van der Waals surface area contributed by atoms with E-state index in [0.717, 1.165) is 47.1 Å². The summed E-state index contributed by atoms with van der Waals surface area (Å²) in [6.45, 7) is 3.79. The van der Waals surface area contributed by atoms with E-state index in [2.05, 4.69) is 65.9 Å². The van der Waals surface area contributed by atoms with Crippen molar-refractivity contribution < 1.29 is 0 Å². The highest BCUT2D eigenvalue weighted by molar-refractivity contribution is 6.06. The van der Waals surface area contributed by atoms with Gasteiger partial charge in [-0.25, -0.2) is 9.67 Å². The van der Waals surface area contributed by atoms with Gasteiger partial charge in [0.25, 0.3) is 0 Å². The minimum Gasteiger partial charge on any atom is -0.384 e. The molecule has 4 rings (SSSR count). The van der Waals surface area contributed by atoms with E-state index in [-0.39, 0.29) is 0 Å². The Morgan fingerprint density at radius 1 is 0.958 bits per heavy atom. The predicted molar refractivity (Wildman–Crippen MR) is 99.3 cm³/mol. The summed E-state index contributed by atoms with van der Waals surface area (Å²) in [4.78, 5) is 4.80. The van der Waals surface area contributed by atoms with Crippen LogP contribution in [-0.2, 0) is 13.0 Å². The smallest absolute Gasteiger partial charge is 0.160 e. The highest BCUT2D eigenvalue weighted by atomic mass is 15.3. The standard InChI is InChI=1S/C20H20N4/c1-2-24-20-17(14-22-24)19(16-10-6-7-11-18(16)23-20)21-13-12-15-8-4-3-5-9-15/h3-11,14H,2,12-13H2,1H3,(H,21,23). The second-order valence-electron chi connectivity index (χ2n) is 5.86. The topological polar surface area (TPSA) is 42.7 Å². The third kappa shape index (κ3) is 2.60. The maximum atomic E-state index is 4.80. The summed E-state index contributed by atoms with van der Waals surface area (Å²) < 4.78 is 1.95. The molecule has 120 valence electrons. The van der Waals surface area contributed by atoms with Gasteiger partial charge in [-0.05, 0) is 25.0 Å². The molecule has 24 heavy (non-hydrogen) atoms. The number of nitrogens with one attached hydrogen (secondary N) is 1. The van der Waals surface area contributed by atoms with Crippen LogP contribution >= 0.6 is 0 Å². The second-order valence-corrected chi connectivity index (χ2v) is 5.86. The molecule has 4 aromatic rings. The molecule has 0 saturated carbocycles. The molecule has 0 aliphatic carbocycles. The molecule has 2 aromatic heterocycles. The molecular formula is C20H20N4. The summed E-state index contributed by atoms with van der Waals surface area (Å²) in [7, 11) is 0. The van der Waals surface area contributed by atoms with Crippen LogP contribution in [0, 0.1) is 0 Å². The predicted octanol–water partition coefficient (Wildman–Crippen LogP) is 4.26. The maximum absolute atomic E-state index is 4.80. The van der Waals surface area contributed by atoms with Crippen LogP contribution in [0.4, 0.5) is 5.69 Å². The van der Waals surface area contributed by atoms with E-state index in [1.165, 1.54) is 5.56 Å². The normalized spacial score (nSPS) is 11.2. The van der Waals surface area contributed by atoms with E-state index in [0.29, 0.717) is 0 Å². The lowest BCUT2D eigenvalue weighted by Crippen LogP contribution is -2.06. The number of aromatic nitrogens is 3. The molecule has 0 aliphatic rings. The number of pyridine rings is 1. The van der Waals surface area contributed by atoms with Gasteiger partial charge in [0.1, 0.15) is 0 Å². The van der Waals surface area contributed by atoms with Crippen molar-refractivity contribution in [3.8, 4) is 0 Å². The number of nitrogens with zero attached hydrogens (tertiary/aromatic N) is 3. The van der Waals surface area contributed by atoms with E-state index in [1.54, 1.807) is 0 Å². The fourth-order valence-corrected chi connectivity index (χ4v) is 3.11. The Kier molecular flexibility index (Phi) is 3.87. The summed E-state index contributed by atoms with van der Waals surface area (Å²) in [6, 6.07) is 18.8. The molecular weight excluding hydrogens is 296 g/mol. The first kappa shape index (κ1) is 14.7. The van der Waals surface area contributed by atoms with Crippen molar-refractivity contribution in [3.63, 3.8) is 0 Å². The minimum absolute atomic E-state index is 0.818. The number of benzene rings is 2. The zero-order valence-corrected chi connectivity index (χ0v) is 13.7. The quantitative estimate of drug-likeness (QED) is 0.598. The molecule has 1 N–H and O–H groups in total. The molecule has 4 heteroatoms. The number of hydrogen-bond acceptors (Lipinski definition) is 3. The van der Waals surface area contributed by atoms with Crippen LogP contribution in [-0.4, -0.2) is 21.3 Å². The van der Waals surface area contributed by atoms with Crippen molar-refractivity contribution in [2.75, 3.05) is 11.9 Å². The van der Waals surface area contributed by atoms with Gasteiger partial charge in [0.15, 0.2) is 5.65 Å². The maximum Gasteiger partial charge on any atom is 0.160 e. The summed E-state index contributed by atoms with van der Waals surface area (Å²) >= 11 is 0. The molecule has 0 bridgehead atoms. The Hall–Kier alpha value is -2.88. The van der Waals surface area contributed by atoms with Crippen LogP contribution in [0.1, 0.15) is 12.5 Å². The van der Waals surface area contributed by atoms with Gasteiger partial charge >= 0.3 is 0 Å². The van der Waals surface area contributed by atoms with Gasteiger partial charge in [0, 0.05) is 18.5 Å². The third-order valence-electron chi connectivity index (χ3n) is 4.34. The van der Waals surface area contributed by atoms with E-state index in [1.807, 2.05) is 16.9 Å². The van der Waals surface area contributed by atoms with Crippen LogP contribution in [0.25, 0.3) is 21.9 Å². The molecule has 0 aliphatic heterocycles. The van der Waals surface area contributed by atoms with Gasteiger partial charge in [-0.15, -0.1) is 0 Å². The molecule has 0 saturated heterocycles. The van der Waals surface area contributed by atoms with Crippen LogP contribution in [0.5, 0.6) is 0 Å².